The van der Waals surface area contributed by atoms with Crippen LogP contribution in [-0.2, 0) is 13.1 Å². The second-order valence-corrected chi connectivity index (χ2v) is 5.88. The van der Waals surface area contributed by atoms with Crippen LogP contribution in [0.1, 0.15) is 27.2 Å². The number of hydrogen-bond acceptors (Lipinski definition) is 3. The Bertz CT molecular complexity index is 847. The Morgan fingerprint density at radius 3 is 2.52 bits per heavy atom. The standard InChI is InChI=1S/C21H21N3O/c1-16-7-5-6-10-18(16)15-24-21(25)20-13-19(11-12-22-20)23-14-17-8-3-2-4-9-17/h2-13H,14-15H2,1H3,(H,22,23)(H,24,25). The molecule has 1 amide bonds. The third kappa shape index (κ3) is 4.67. The van der Waals surface area contributed by atoms with E-state index in [0.29, 0.717) is 18.8 Å². The molecule has 1 aromatic heterocycles. The number of pyridine rings is 1. The maximum absolute atomic E-state index is 12.4. The van der Waals surface area contributed by atoms with Gasteiger partial charge >= 0.3 is 0 Å². The second-order valence-electron chi connectivity index (χ2n) is 5.88. The summed E-state index contributed by atoms with van der Waals surface area (Å²) in [7, 11) is 0. The number of benzene rings is 2. The molecular weight excluding hydrogens is 310 g/mol. The molecule has 0 aliphatic carbocycles. The van der Waals surface area contributed by atoms with Gasteiger partial charge in [0.1, 0.15) is 5.69 Å². The molecule has 2 N–H and O–H groups in total. The SMILES string of the molecule is Cc1ccccc1CNC(=O)c1cc(NCc2ccccc2)ccn1. The van der Waals surface area contributed by atoms with Crippen molar-refractivity contribution in [1.29, 1.82) is 0 Å². The molecule has 4 heteroatoms. The average molecular weight is 331 g/mol. The second kappa shape index (κ2) is 8.11. The Balaban J connectivity index is 1.60. The highest BCUT2D eigenvalue weighted by Gasteiger charge is 2.08. The van der Waals surface area contributed by atoms with Gasteiger partial charge in [0.05, 0.1) is 0 Å². The molecule has 0 unspecified atom stereocenters. The zero-order valence-corrected chi connectivity index (χ0v) is 14.2. The van der Waals surface area contributed by atoms with E-state index in [0.717, 1.165) is 16.8 Å². The number of hydrogen-bond donors (Lipinski definition) is 2. The van der Waals surface area contributed by atoms with E-state index in [4.69, 9.17) is 0 Å². The Kier molecular flexibility index (Phi) is 5.42. The summed E-state index contributed by atoms with van der Waals surface area (Å²) in [5.41, 5.74) is 4.74. The minimum absolute atomic E-state index is 0.174. The predicted molar refractivity (Wildman–Crippen MR) is 100 cm³/mol. The molecule has 3 aromatic rings. The van der Waals surface area contributed by atoms with Crippen LogP contribution in [0.25, 0.3) is 0 Å². The maximum atomic E-state index is 12.4. The highest BCUT2D eigenvalue weighted by atomic mass is 16.1. The number of nitrogens with zero attached hydrogens (tertiary/aromatic N) is 1. The van der Waals surface area contributed by atoms with E-state index >= 15 is 0 Å². The van der Waals surface area contributed by atoms with E-state index in [1.54, 1.807) is 12.3 Å². The van der Waals surface area contributed by atoms with Crippen molar-refractivity contribution in [3.05, 3.63) is 95.3 Å². The molecular formula is C21H21N3O. The Hall–Kier alpha value is -3.14. The van der Waals surface area contributed by atoms with Gasteiger partial charge in [0.15, 0.2) is 0 Å². The lowest BCUT2D eigenvalue weighted by atomic mass is 10.1. The zero-order chi connectivity index (χ0) is 17.5. The van der Waals surface area contributed by atoms with Crippen molar-refractivity contribution in [2.45, 2.75) is 20.0 Å². The number of nitrogens with one attached hydrogen (secondary N) is 2. The number of amides is 1. The Morgan fingerprint density at radius 1 is 0.960 bits per heavy atom. The van der Waals surface area contributed by atoms with Crippen LogP contribution in [0.15, 0.2) is 72.9 Å². The zero-order valence-electron chi connectivity index (χ0n) is 14.2. The minimum Gasteiger partial charge on any atom is -0.381 e. The summed E-state index contributed by atoms with van der Waals surface area (Å²) in [5, 5.41) is 6.25. The lowest BCUT2D eigenvalue weighted by Gasteiger charge is -2.10. The van der Waals surface area contributed by atoms with Gasteiger partial charge in [0, 0.05) is 25.0 Å². The highest BCUT2D eigenvalue weighted by Crippen LogP contribution is 2.11. The number of anilines is 1. The molecule has 2 aromatic carbocycles. The quantitative estimate of drug-likeness (QED) is 0.719. The molecule has 0 saturated heterocycles. The predicted octanol–water partition coefficient (Wildman–Crippen LogP) is 3.93. The van der Waals surface area contributed by atoms with E-state index in [1.807, 2.05) is 55.5 Å². The molecule has 0 aliphatic rings. The van der Waals surface area contributed by atoms with Gasteiger partial charge in [-0.3, -0.25) is 9.78 Å². The summed E-state index contributed by atoms with van der Waals surface area (Å²) < 4.78 is 0. The van der Waals surface area contributed by atoms with Crippen LogP contribution in [0.4, 0.5) is 5.69 Å². The molecule has 126 valence electrons. The minimum atomic E-state index is -0.174. The summed E-state index contributed by atoms with van der Waals surface area (Å²) in [5.74, 6) is -0.174. The van der Waals surface area contributed by atoms with Crippen LogP contribution < -0.4 is 10.6 Å². The third-order valence-electron chi connectivity index (χ3n) is 4.03. The van der Waals surface area contributed by atoms with Crippen molar-refractivity contribution in [3.63, 3.8) is 0 Å². The summed E-state index contributed by atoms with van der Waals surface area (Å²) in [6.45, 7) is 3.23. The molecule has 0 atom stereocenters. The number of rotatable bonds is 6. The van der Waals surface area contributed by atoms with Crippen LogP contribution in [0.5, 0.6) is 0 Å². The summed E-state index contributed by atoms with van der Waals surface area (Å²) in [6, 6.07) is 21.8. The van der Waals surface area contributed by atoms with Crippen LogP contribution in [-0.4, -0.2) is 10.9 Å². The maximum Gasteiger partial charge on any atom is 0.270 e. The first kappa shape index (κ1) is 16.7. The number of carbonyl (C=O) groups excluding carboxylic acids is 1. The molecule has 4 nitrogen and oxygen atoms in total. The van der Waals surface area contributed by atoms with Gasteiger partial charge in [0.2, 0.25) is 0 Å². The van der Waals surface area contributed by atoms with Gasteiger partial charge in [-0.1, -0.05) is 54.6 Å². The molecule has 1 heterocycles. The number of aryl methyl sites for hydroxylation is 1. The van der Waals surface area contributed by atoms with E-state index in [-0.39, 0.29) is 5.91 Å². The van der Waals surface area contributed by atoms with Crippen molar-refractivity contribution in [1.82, 2.24) is 10.3 Å². The molecule has 0 radical (unpaired) electrons. The lowest BCUT2D eigenvalue weighted by molar-refractivity contribution is 0.0946. The highest BCUT2D eigenvalue weighted by molar-refractivity contribution is 5.93. The molecule has 3 rings (SSSR count). The van der Waals surface area contributed by atoms with Crippen molar-refractivity contribution in [2.24, 2.45) is 0 Å². The number of aromatic nitrogens is 1. The lowest BCUT2D eigenvalue weighted by Crippen LogP contribution is -2.24. The van der Waals surface area contributed by atoms with Crippen molar-refractivity contribution >= 4 is 11.6 Å². The van der Waals surface area contributed by atoms with E-state index in [1.165, 1.54) is 5.56 Å². The van der Waals surface area contributed by atoms with E-state index < -0.39 is 0 Å². The van der Waals surface area contributed by atoms with Gasteiger partial charge in [-0.25, -0.2) is 0 Å². The van der Waals surface area contributed by atoms with Crippen LogP contribution >= 0.6 is 0 Å². The fraction of sp³-hybridized carbons (Fsp3) is 0.143. The van der Waals surface area contributed by atoms with Crippen molar-refractivity contribution < 1.29 is 4.79 Å². The molecule has 0 spiro atoms. The largest absolute Gasteiger partial charge is 0.381 e. The van der Waals surface area contributed by atoms with Crippen LogP contribution in [0.2, 0.25) is 0 Å². The fourth-order valence-corrected chi connectivity index (χ4v) is 2.54. The van der Waals surface area contributed by atoms with Crippen molar-refractivity contribution in [3.8, 4) is 0 Å². The molecule has 25 heavy (non-hydrogen) atoms. The fourth-order valence-electron chi connectivity index (χ4n) is 2.54. The summed E-state index contributed by atoms with van der Waals surface area (Å²) >= 11 is 0. The first-order valence-corrected chi connectivity index (χ1v) is 8.29. The molecule has 0 saturated carbocycles. The summed E-state index contributed by atoms with van der Waals surface area (Å²) in [4.78, 5) is 16.5. The molecule has 0 bridgehead atoms. The van der Waals surface area contributed by atoms with E-state index in [2.05, 4.69) is 27.8 Å². The Morgan fingerprint density at radius 2 is 1.72 bits per heavy atom. The average Bonchev–Trinajstić information content (AvgIpc) is 2.66. The molecule has 0 aliphatic heterocycles. The first-order valence-electron chi connectivity index (χ1n) is 8.29. The topological polar surface area (TPSA) is 54.0 Å². The number of carbonyl (C=O) groups is 1. The van der Waals surface area contributed by atoms with Gasteiger partial charge in [-0.2, -0.15) is 0 Å². The summed E-state index contributed by atoms with van der Waals surface area (Å²) in [6.07, 6.45) is 1.65. The van der Waals surface area contributed by atoms with Gasteiger partial charge in [-0.15, -0.1) is 0 Å². The van der Waals surface area contributed by atoms with Gasteiger partial charge in [0.25, 0.3) is 5.91 Å². The third-order valence-corrected chi connectivity index (χ3v) is 4.03. The first-order chi connectivity index (χ1) is 12.2. The van der Waals surface area contributed by atoms with Gasteiger partial charge < -0.3 is 10.6 Å². The van der Waals surface area contributed by atoms with Crippen LogP contribution in [0.3, 0.4) is 0 Å². The smallest absolute Gasteiger partial charge is 0.270 e. The van der Waals surface area contributed by atoms with Gasteiger partial charge in [-0.05, 0) is 35.7 Å². The Labute approximate surface area is 147 Å². The monoisotopic (exact) mass is 331 g/mol. The molecule has 0 fully saturated rings. The van der Waals surface area contributed by atoms with Crippen LogP contribution in [0, 0.1) is 6.92 Å². The normalized spacial score (nSPS) is 10.3. The van der Waals surface area contributed by atoms with E-state index in [9.17, 15) is 4.79 Å². The van der Waals surface area contributed by atoms with Crippen molar-refractivity contribution in [2.75, 3.05) is 5.32 Å².